The van der Waals surface area contributed by atoms with Gasteiger partial charge in [-0.1, -0.05) is 18.2 Å². The van der Waals surface area contributed by atoms with Gasteiger partial charge in [-0.3, -0.25) is 4.79 Å². The van der Waals surface area contributed by atoms with Gasteiger partial charge in [0.15, 0.2) is 0 Å². The van der Waals surface area contributed by atoms with Crippen LogP contribution in [0, 0.1) is 0 Å². The highest BCUT2D eigenvalue weighted by Gasteiger charge is 2.44. The Kier molecular flexibility index (Phi) is 4.52. The first kappa shape index (κ1) is 16.6. The van der Waals surface area contributed by atoms with Crippen LogP contribution >= 0.6 is 11.3 Å². The van der Waals surface area contributed by atoms with Crippen LogP contribution in [0.25, 0.3) is 0 Å². The molecule has 1 spiro atoms. The molecule has 3 heterocycles. The summed E-state index contributed by atoms with van der Waals surface area (Å²) in [5.41, 5.74) is 3.80. The number of amides is 1. The Labute approximate surface area is 153 Å². The van der Waals surface area contributed by atoms with Crippen LogP contribution in [0.2, 0.25) is 0 Å². The van der Waals surface area contributed by atoms with Crippen LogP contribution in [0.3, 0.4) is 0 Å². The summed E-state index contributed by atoms with van der Waals surface area (Å²) < 4.78 is 5.29. The molecule has 1 amide bonds. The summed E-state index contributed by atoms with van der Waals surface area (Å²) >= 11 is 1.58. The van der Waals surface area contributed by atoms with E-state index in [2.05, 4.69) is 29.2 Å². The molecule has 1 aromatic heterocycles. The van der Waals surface area contributed by atoms with Gasteiger partial charge in [0.25, 0.3) is 5.91 Å². The predicted octanol–water partition coefficient (Wildman–Crippen LogP) is 3.39. The number of hydrogen-bond donors (Lipinski definition) is 0. The number of thiophene rings is 1. The van der Waals surface area contributed by atoms with Crippen LogP contribution in [-0.2, 0) is 10.2 Å². The maximum atomic E-state index is 12.6. The van der Waals surface area contributed by atoms with Crippen molar-refractivity contribution in [2.45, 2.75) is 18.3 Å². The van der Waals surface area contributed by atoms with Crippen molar-refractivity contribution in [1.29, 1.82) is 0 Å². The Hall–Kier alpha value is -1.85. The van der Waals surface area contributed by atoms with Crippen molar-refractivity contribution in [1.82, 2.24) is 4.90 Å². The lowest BCUT2D eigenvalue weighted by Gasteiger charge is -2.40. The molecule has 4 nitrogen and oxygen atoms in total. The standard InChI is InChI=1S/C20H24N2O2S/c1-24-12-11-22-15-20(17-4-2-3-5-18(17)22)7-9-21(10-8-20)19(23)16-6-13-25-14-16/h2-6,13-14H,7-12,15H2,1H3. The van der Waals surface area contributed by atoms with E-state index in [9.17, 15) is 4.79 Å². The number of para-hydroxylation sites is 1. The summed E-state index contributed by atoms with van der Waals surface area (Å²) in [6.07, 6.45) is 2.06. The fraction of sp³-hybridized carbons (Fsp3) is 0.450. The van der Waals surface area contributed by atoms with E-state index in [-0.39, 0.29) is 11.3 Å². The molecule has 1 saturated heterocycles. The molecule has 0 saturated carbocycles. The average molecular weight is 356 g/mol. The lowest BCUT2D eigenvalue weighted by atomic mass is 9.74. The lowest BCUT2D eigenvalue weighted by molar-refractivity contribution is 0.0674. The molecule has 1 fully saturated rings. The smallest absolute Gasteiger partial charge is 0.254 e. The topological polar surface area (TPSA) is 32.8 Å². The van der Waals surface area contributed by atoms with E-state index in [1.165, 1.54) is 11.3 Å². The normalized spacial score (nSPS) is 18.6. The van der Waals surface area contributed by atoms with Gasteiger partial charge in [-0.15, -0.1) is 0 Å². The molecule has 5 heteroatoms. The summed E-state index contributed by atoms with van der Waals surface area (Å²) in [5, 5.41) is 3.92. The molecule has 0 bridgehead atoms. The molecular weight excluding hydrogens is 332 g/mol. The number of hydrogen-bond acceptors (Lipinski definition) is 4. The monoisotopic (exact) mass is 356 g/mol. The van der Waals surface area contributed by atoms with E-state index in [4.69, 9.17) is 4.74 Å². The van der Waals surface area contributed by atoms with Crippen molar-refractivity contribution in [3.05, 3.63) is 52.2 Å². The second-order valence-electron chi connectivity index (χ2n) is 7.02. The van der Waals surface area contributed by atoms with E-state index in [0.29, 0.717) is 0 Å². The van der Waals surface area contributed by atoms with Crippen molar-refractivity contribution in [2.75, 3.05) is 44.8 Å². The van der Waals surface area contributed by atoms with Gasteiger partial charge in [-0.05, 0) is 35.9 Å². The van der Waals surface area contributed by atoms with Gasteiger partial charge in [0.2, 0.25) is 0 Å². The quantitative estimate of drug-likeness (QED) is 0.842. The zero-order valence-corrected chi connectivity index (χ0v) is 15.4. The maximum Gasteiger partial charge on any atom is 0.254 e. The molecule has 0 unspecified atom stereocenters. The highest BCUT2D eigenvalue weighted by molar-refractivity contribution is 7.08. The van der Waals surface area contributed by atoms with Crippen LogP contribution in [0.5, 0.6) is 0 Å². The zero-order valence-electron chi connectivity index (χ0n) is 14.6. The molecule has 4 rings (SSSR count). The largest absolute Gasteiger partial charge is 0.383 e. The summed E-state index contributed by atoms with van der Waals surface area (Å²) in [6.45, 7) is 4.37. The molecule has 2 aliphatic heterocycles. The van der Waals surface area contributed by atoms with Gasteiger partial charge in [0.05, 0.1) is 12.2 Å². The number of methoxy groups -OCH3 is 1. The van der Waals surface area contributed by atoms with Crippen molar-refractivity contribution >= 4 is 22.9 Å². The fourth-order valence-electron chi connectivity index (χ4n) is 4.27. The van der Waals surface area contributed by atoms with Gasteiger partial charge < -0.3 is 14.5 Å². The maximum absolute atomic E-state index is 12.6. The number of carbonyl (C=O) groups excluding carboxylic acids is 1. The van der Waals surface area contributed by atoms with Gasteiger partial charge in [-0.25, -0.2) is 0 Å². The Bertz CT molecular complexity index is 736. The third-order valence-electron chi connectivity index (χ3n) is 5.65. The Morgan fingerprint density at radius 3 is 2.76 bits per heavy atom. The molecular formula is C20H24N2O2S. The molecule has 2 aliphatic rings. The Morgan fingerprint density at radius 1 is 1.24 bits per heavy atom. The summed E-state index contributed by atoms with van der Waals surface area (Å²) in [7, 11) is 1.76. The van der Waals surface area contributed by atoms with Crippen molar-refractivity contribution in [3.63, 3.8) is 0 Å². The molecule has 0 radical (unpaired) electrons. The summed E-state index contributed by atoms with van der Waals surface area (Å²) in [5.74, 6) is 0.179. The highest BCUT2D eigenvalue weighted by Crippen LogP contribution is 2.46. The minimum absolute atomic E-state index is 0.176. The van der Waals surface area contributed by atoms with Gasteiger partial charge >= 0.3 is 0 Å². The minimum atomic E-state index is 0.176. The molecule has 0 atom stereocenters. The van der Waals surface area contributed by atoms with Crippen LogP contribution in [0.1, 0.15) is 28.8 Å². The van der Waals surface area contributed by atoms with Crippen molar-refractivity contribution in [3.8, 4) is 0 Å². The number of piperidine rings is 1. The van der Waals surface area contributed by atoms with Gasteiger partial charge in [-0.2, -0.15) is 11.3 Å². The molecule has 0 N–H and O–H groups in total. The highest BCUT2D eigenvalue weighted by atomic mass is 32.1. The number of fused-ring (bicyclic) bond motifs is 2. The number of likely N-dealkylation sites (tertiary alicyclic amines) is 1. The first-order valence-corrected chi connectivity index (χ1v) is 9.83. The number of rotatable bonds is 4. The van der Waals surface area contributed by atoms with Crippen LogP contribution < -0.4 is 4.90 Å². The third kappa shape index (κ3) is 2.96. The molecule has 132 valence electrons. The van der Waals surface area contributed by atoms with E-state index >= 15 is 0 Å². The number of ether oxygens (including phenoxy) is 1. The van der Waals surface area contributed by atoms with Gasteiger partial charge in [0.1, 0.15) is 0 Å². The number of anilines is 1. The molecule has 25 heavy (non-hydrogen) atoms. The predicted molar refractivity (Wildman–Crippen MR) is 102 cm³/mol. The SMILES string of the molecule is COCCN1CC2(CCN(C(=O)c3ccsc3)CC2)c2ccccc21. The zero-order chi connectivity index (χ0) is 17.3. The molecule has 1 aromatic carbocycles. The van der Waals surface area contributed by atoms with E-state index < -0.39 is 0 Å². The molecule has 0 aliphatic carbocycles. The lowest BCUT2D eigenvalue weighted by Crippen LogP contribution is -2.47. The first-order chi connectivity index (χ1) is 12.2. The second-order valence-corrected chi connectivity index (χ2v) is 7.80. The summed E-state index contributed by atoms with van der Waals surface area (Å²) in [6, 6.07) is 10.7. The fourth-order valence-corrected chi connectivity index (χ4v) is 4.90. The first-order valence-electron chi connectivity index (χ1n) is 8.88. The van der Waals surface area contributed by atoms with Crippen molar-refractivity contribution < 1.29 is 9.53 Å². The van der Waals surface area contributed by atoms with Crippen LogP contribution in [0.4, 0.5) is 5.69 Å². The second kappa shape index (κ2) is 6.81. The number of nitrogens with zero attached hydrogens (tertiary/aromatic N) is 2. The number of benzene rings is 1. The van der Waals surface area contributed by atoms with Crippen LogP contribution in [-0.4, -0.2) is 50.7 Å². The van der Waals surface area contributed by atoms with Crippen LogP contribution in [0.15, 0.2) is 41.1 Å². The van der Waals surface area contributed by atoms with E-state index in [1.54, 1.807) is 18.4 Å². The molecule has 2 aromatic rings. The number of carbonyl (C=O) groups is 1. The van der Waals surface area contributed by atoms with E-state index in [1.807, 2.05) is 21.7 Å². The third-order valence-corrected chi connectivity index (χ3v) is 6.33. The Balaban J connectivity index is 1.51. The minimum Gasteiger partial charge on any atom is -0.383 e. The Morgan fingerprint density at radius 2 is 2.04 bits per heavy atom. The van der Waals surface area contributed by atoms with Crippen molar-refractivity contribution in [2.24, 2.45) is 0 Å². The van der Waals surface area contributed by atoms with E-state index in [0.717, 1.165) is 51.2 Å². The summed E-state index contributed by atoms with van der Waals surface area (Å²) in [4.78, 5) is 17.1. The average Bonchev–Trinajstić information content (AvgIpc) is 3.28. The van der Waals surface area contributed by atoms with Gasteiger partial charge in [0, 0.05) is 49.8 Å².